The first-order valence-electron chi connectivity index (χ1n) is 12.1. The fourth-order valence-corrected chi connectivity index (χ4v) is 7.04. The first kappa shape index (κ1) is 29.1. The van der Waals surface area contributed by atoms with Crippen molar-refractivity contribution in [2.24, 2.45) is 7.05 Å². The van der Waals surface area contributed by atoms with Gasteiger partial charge in [-0.1, -0.05) is 6.07 Å². The van der Waals surface area contributed by atoms with Gasteiger partial charge in [0.05, 0.1) is 36.9 Å². The Morgan fingerprint density at radius 3 is 1.95 bits per heavy atom. The molecule has 0 fully saturated rings. The predicted molar refractivity (Wildman–Crippen MR) is 149 cm³/mol. The molecule has 3 aromatic carbocycles. The normalized spacial score (nSPS) is 12.0. The topological polar surface area (TPSA) is 121 Å². The minimum absolute atomic E-state index is 0.0105. The predicted octanol–water partition coefficient (Wildman–Crippen LogP) is 3.53. The molecule has 0 radical (unpaired) electrons. The number of hydrogen-bond donors (Lipinski definition) is 0. The number of aromatic nitrogens is 1. The van der Waals surface area contributed by atoms with Gasteiger partial charge in [-0.15, -0.1) is 0 Å². The Balaban J connectivity index is 1.70. The molecule has 4 rings (SSSR count). The van der Waals surface area contributed by atoms with Gasteiger partial charge in [0.2, 0.25) is 10.0 Å². The Bertz CT molecular complexity index is 1730. The maximum Gasteiger partial charge on any atom is 0.321 e. The summed E-state index contributed by atoms with van der Waals surface area (Å²) in [6.45, 7) is -0.651. The van der Waals surface area contributed by atoms with Gasteiger partial charge in [0.25, 0.3) is 0 Å². The Labute approximate surface area is 233 Å². The standard InChI is InChI=1S/C28H30N2O8S2/c1-29-16-21(17-30(18-28(31)38-4)40(34,35)25-12-8-23(37-3)9-13-25)26-15-20(5-14-27(26)29)19-39(32,33)24-10-6-22(36-2)7-11-24/h5-16H,17-19H2,1-4H3. The first-order valence-corrected chi connectivity index (χ1v) is 15.2. The highest BCUT2D eigenvalue weighted by molar-refractivity contribution is 7.90. The van der Waals surface area contributed by atoms with Crippen molar-refractivity contribution in [3.05, 3.63) is 84.1 Å². The molecule has 10 nitrogen and oxygen atoms in total. The van der Waals surface area contributed by atoms with Gasteiger partial charge in [0, 0.05) is 30.7 Å². The number of nitrogens with zero attached hydrogens (tertiary/aromatic N) is 2. The number of carbonyl (C=O) groups excluding carboxylic acids is 1. The SMILES string of the molecule is COC(=O)CN(Cc1cn(C)c2ccc(CS(=O)(=O)c3ccc(OC)cc3)cc12)S(=O)(=O)c1ccc(OC)cc1. The molecule has 212 valence electrons. The number of esters is 1. The lowest BCUT2D eigenvalue weighted by Crippen LogP contribution is -2.35. The molecule has 0 bridgehead atoms. The van der Waals surface area contributed by atoms with Gasteiger partial charge in [-0.05, 0) is 71.8 Å². The van der Waals surface area contributed by atoms with Crippen molar-refractivity contribution in [3.8, 4) is 11.5 Å². The van der Waals surface area contributed by atoms with Gasteiger partial charge in [-0.3, -0.25) is 4.79 Å². The molecule has 0 saturated carbocycles. The third-order valence-corrected chi connectivity index (χ3v) is 10.00. The molecule has 1 heterocycles. The lowest BCUT2D eigenvalue weighted by molar-refractivity contribution is -0.140. The molecule has 0 unspecified atom stereocenters. The van der Waals surface area contributed by atoms with Crippen molar-refractivity contribution < 1.29 is 35.8 Å². The summed E-state index contributed by atoms with van der Waals surface area (Å²) in [5.74, 6) is 0.0724. The Kier molecular flexibility index (Phi) is 8.52. The summed E-state index contributed by atoms with van der Waals surface area (Å²) in [5, 5.41) is 0.671. The van der Waals surface area contributed by atoms with E-state index in [1.54, 1.807) is 36.5 Å². The van der Waals surface area contributed by atoms with Crippen molar-refractivity contribution in [1.82, 2.24) is 8.87 Å². The summed E-state index contributed by atoms with van der Waals surface area (Å²) < 4.78 is 71.2. The molecule has 0 N–H and O–H groups in total. The number of ether oxygens (including phenoxy) is 3. The van der Waals surface area contributed by atoms with Gasteiger partial charge >= 0.3 is 5.97 Å². The number of sulfonamides is 1. The van der Waals surface area contributed by atoms with E-state index in [-0.39, 0.29) is 22.1 Å². The smallest absolute Gasteiger partial charge is 0.321 e. The maximum absolute atomic E-state index is 13.6. The summed E-state index contributed by atoms with van der Waals surface area (Å²) in [6, 6.07) is 17.3. The van der Waals surface area contributed by atoms with Crippen LogP contribution in [0.25, 0.3) is 10.9 Å². The van der Waals surface area contributed by atoms with Crippen LogP contribution in [0.4, 0.5) is 0 Å². The van der Waals surface area contributed by atoms with E-state index in [4.69, 9.17) is 14.2 Å². The quantitative estimate of drug-likeness (QED) is 0.245. The van der Waals surface area contributed by atoms with Crippen LogP contribution in [0.15, 0.2) is 82.7 Å². The van der Waals surface area contributed by atoms with Crippen LogP contribution in [0.1, 0.15) is 11.1 Å². The Morgan fingerprint density at radius 1 is 0.825 bits per heavy atom. The maximum atomic E-state index is 13.6. The Hall–Kier alpha value is -3.87. The number of fused-ring (bicyclic) bond motifs is 1. The average Bonchev–Trinajstić information content (AvgIpc) is 3.26. The van der Waals surface area contributed by atoms with Crippen LogP contribution < -0.4 is 9.47 Å². The molecule has 12 heteroatoms. The first-order chi connectivity index (χ1) is 19.0. The van der Waals surface area contributed by atoms with Crippen molar-refractivity contribution >= 4 is 36.7 Å². The lowest BCUT2D eigenvalue weighted by Gasteiger charge is -2.21. The van der Waals surface area contributed by atoms with E-state index in [0.717, 1.165) is 9.82 Å². The van der Waals surface area contributed by atoms with Crippen LogP contribution in [0.2, 0.25) is 0 Å². The van der Waals surface area contributed by atoms with E-state index >= 15 is 0 Å². The van der Waals surface area contributed by atoms with Crippen LogP contribution >= 0.6 is 0 Å². The summed E-state index contributed by atoms with van der Waals surface area (Å²) in [5.41, 5.74) is 1.91. The molecule has 40 heavy (non-hydrogen) atoms. The largest absolute Gasteiger partial charge is 0.497 e. The van der Waals surface area contributed by atoms with E-state index in [9.17, 15) is 21.6 Å². The minimum atomic E-state index is -4.11. The molecule has 0 aliphatic carbocycles. The van der Waals surface area contributed by atoms with Gasteiger partial charge in [0.15, 0.2) is 9.84 Å². The van der Waals surface area contributed by atoms with Gasteiger partial charge < -0.3 is 18.8 Å². The van der Waals surface area contributed by atoms with E-state index in [0.29, 0.717) is 28.0 Å². The second-order valence-electron chi connectivity index (χ2n) is 9.08. The molecule has 0 spiro atoms. The number of aryl methyl sites for hydroxylation is 1. The molecule has 0 aliphatic heterocycles. The number of hydrogen-bond acceptors (Lipinski definition) is 8. The third-order valence-electron chi connectivity index (χ3n) is 6.49. The number of methoxy groups -OCH3 is 3. The van der Waals surface area contributed by atoms with E-state index in [1.165, 1.54) is 57.7 Å². The fraction of sp³-hybridized carbons (Fsp3) is 0.250. The van der Waals surface area contributed by atoms with Crippen LogP contribution in [-0.2, 0) is 48.7 Å². The van der Waals surface area contributed by atoms with Crippen molar-refractivity contribution in [3.63, 3.8) is 0 Å². The number of sulfone groups is 1. The monoisotopic (exact) mass is 586 g/mol. The van der Waals surface area contributed by atoms with E-state index in [1.807, 2.05) is 11.6 Å². The average molecular weight is 587 g/mol. The van der Waals surface area contributed by atoms with Crippen LogP contribution in [-0.4, -0.2) is 59.6 Å². The van der Waals surface area contributed by atoms with Crippen molar-refractivity contribution in [1.29, 1.82) is 0 Å². The zero-order chi connectivity index (χ0) is 29.1. The molecule has 0 saturated heterocycles. The van der Waals surface area contributed by atoms with Crippen molar-refractivity contribution in [2.75, 3.05) is 27.9 Å². The molecular weight excluding hydrogens is 556 g/mol. The van der Waals surface area contributed by atoms with Crippen LogP contribution in [0.3, 0.4) is 0 Å². The number of rotatable bonds is 11. The van der Waals surface area contributed by atoms with Gasteiger partial charge in [0.1, 0.15) is 18.0 Å². The summed E-state index contributed by atoms with van der Waals surface area (Å²) in [4.78, 5) is 12.4. The molecular formula is C28H30N2O8S2. The zero-order valence-electron chi connectivity index (χ0n) is 22.5. The molecule has 1 aromatic heterocycles. The summed E-state index contributed by atoms with van der Waals surface area (Å²) in [6.07, 6.45) is 1.76. The van der Waals surface area contributed by atoms with Gasteiger partial charge in [-0.2, -0.15) is 4.31 Å². The Morgan fingerprint density at radius 2 is 1.40 bits per heavy atom. The van der Waals surface area contributed by atoms with Crippen LogP contribution in [0, 0.1) is 0 Å². The molecule has 0 amide bonds. The summed E-state index contributed by atoms with van der Waals surface area (Å²) in [7, 11) is -1.79. The van der Waals surface area contributed by atoms with E-state index < -0.39 is 32.4 Å². The number of benzene rings is 3. The summed E-state index contributed by atoms with van der Waals surface area (Å²) >= 11 is 0. The number of carbonyl (C=O) groups is 1. The fourth-order valence-electron chi connectivity index (χ4n) is 4.34. The highest BCUT2D eigenvalue weighted by Crippen LogP contribution is 2.28. The highest BCUT2D eigenvalue weighted by Gasteiger charge is 2.28. The molecule has 0 atom stereocenters. The van der Waals surface area contributed by atoms with Crippen molar-refractivity contribution in [2.45, 2.75) is 22.1 Å². The lowest BCUT2D eigenvalue weighted by atomic mass is 10.1. The molecule has 0 aliphatic rings. The minimum Gasteiger partial charge on any atom is -0.497 e. The zero-order valence-corrected chi connectivity index (χ0v) is 24.2. The second kappa shape index (κ2) is 11.7. The van der Waals surface area contributed by atoms with E-state index in [2.05, 4.69) is 0 Å². The highest BCUT2D eigenvalue weighted by atomic mass is 32.2. The van der Waals surface area contributed by atoms with Crippen LogP contribution in [0.5, 0.6) is 11.5 Å². The van der Waals surface area contributed by atoms with Gasteiger partial charge in [-0.25, -0.2) is 16.8 Å². The molecule has 4 aromatic rings. The second-order valence-corrected chi connectivity index (χ2v) is 13.0. The third kappa shape index (κ3) is 6.14.